The number of aliphatic hydroxyl groups excluding tert-OH is 2. The fraction of sp³-hybridized carbons (Fsp3) is 0.750. The Morgan fingerprint density at radius 1 is 1.53 bits per heavy atom. The minimum absolute atomic E-state index is 0.518. The van der Waals surface area contributed by atoms with E-state index in [1.165, 1.54) is 0 Å². The van der Waals surface area contributed by atoms with Gasteiger partial charge in [0.25, 0.3) is 0 Å². The van der Waals surface area contributed by atoms with Crippen LogP contribution in [-0.4, -0.2) is 59.3 Å². The molecule has 2 aliphatic heterocycles. The number of carbonyl (C=O) groups excluding carboxylic acids is 1. The third kappa shape index (κ3) is 2.80. The van der Waals surface area contributed by atoms with Crippen molar-refractivity contribution in [3.05, 3.63) is 12.7 Å². The molecule has 2 rings (SSSR count). The molecule has 2 saturated heterocycles. The van der Waals surface area contributed by atoms with Crippen LogP contribution in [0.15, 0.2) is 12.7 Å². The molecule has 7 nitrogen and oxygen atoms in total. The van der Waals surface area contributed by atoms with Crippen molar-refractivity contribution >= 4 is 5.97 Å². The maximum Gasteiger partial charge on any atom is 0.330 e. The van der Waals surface area contributed by atoms with Gasteiger partial charge in [0, 0.05) is 6.08 Å². The highest BCUT2D eigenvalue weighted by Gasteiger charge is 2.58. The molecule has 0 radical (unpaired) electrons. The average molecular weight is 274 g/mol. The van der Waals surface area contributed by atoms with Gasteiger partial charge >= 0.3 is 5.97 Å². The van der Waals surface area contributed by atoms with Crippen molar-refractivity contribution in [2.75, 3.05) is 6.61 Å². The lowest BCUT2D eigenvalue weighted by atomic mass is 10.1. The molecule has 0 aromatic rings. The first-order valence-electron chi connectivity index (χ1n) is 6.01. The summed E-state index contributed by atoms with van der Waals surface area (Å²) >= 11 is 0. The van der Waals surface area contributed by atoms with Crippen molar-refractivity contribution in [2.45, 2.75) is 50.3 Å². The Bertz CT molecular complexity index is 367. The molecule has 2 N–H and O–H groups in total. The maximum absolute atomic E-state index is 11.3. The van der Waals surface area contributed by atoms with E-state index >= 15 is 0 Å². The zero-order chi connectivity index (χ0) is 14.2. The first kappa shape index (κ1) is 14.4. The molecule has 2 aliphatic rings. The Kier molecular flexibility index (Phi) is 3.93. The lowest BCUT2D eigenvalue weighted by Crippen LogP contribution is -2.44. The summed E-state index contributed by atoms with van der Waals surface area (Å²) in [6, 6.07) is 0. The van der Waals surface area contributed by atoms with Crippen LogP contribution in [-0.2, 0) is 23.7 Å². The van der Waals surface area contributed by atoms with Crippen LogP contribution in [0, 0.1) is 0 Å². The van der Waals surface area contributed by atoms with Crippen LogP contribution in [0.3, 0.4) is 0 Å². The molecule has 2 heterocycles. The van der Waals surface area contributed by atoms with E-state index in [0.29, 0.717) is 0 Å². The van der Waals surface area contributed by atoms with Crippen molar-refractivity contribution in [1.82, 2.24) is 0 Å². The Balaban J connectivity index is 2.15. The molecule has 0 aliphatic carbocycles. The Hall–Kier alpha value is -0.990. The quantitative estimate of drug-likeness (QED) is 0.518. The van der Waals surface area contributed by atoms with E-state index in [4.69, 9.17) is 24.1 Å². The summed E-state index contributed by atoms with van der Waals surface area (Å²) in [4.78, 5) is 11.3. The van der Waals surface area contributed by atoms with E-state index in [2.05, 4.69) is 6.58 Å². The van der Waals surface area contributed by atoms with Gasteiger partial charge in [-0.25, -0.2) is 4.79 Å². The zero-order valence-electron chi connectivity index (χ0n) is 10.8. The van der Waals surface area contributed by atoms with Crippen LogP contribution < -0.4 is 0 Å². The minimum Gasteiger partial charge on any atom is -0.453 e. The second kappa shape index (κ2) is 5.18. The Labute approximate surface area is 110 Å². The third-order valence-electron chi connectivity index (χ3n) is 3.01. The molecule has 2 fully saturated rings. The highest BCUT2D eigenvalue weighted by molar-refractivity contribution is 5.81. The molecule has 0 aromatic heterocycles. The molecule has 0 aromatic carbocycles. The number of hydrogen-bond acceptors (Lipinski definition) is 7. The zero-order valence-corrected chi connectivity index (χ0v) is 10.8. The first-order valence-corrected chi connectivity index (χ1v) is 6.01. The number of carbonyl (C=O) groups is 1. The van der Waals surface area contributed by atoms with Crippen LogP contribution in [0.4, 0.5) is 0 Å². The standard InChI is InChI=1S/C12H18O7/c1-4-7(15)16-9-8(6(14)5-13)17-11-10(9)18-12(2,3)19-11/h4,6,8-11,13-14H,1,5H2,2-3H3/t6-,8-,9+,10-,11-/m1/s1. The van der Waals surface area contributed by atoms with Gasteiger partial charge in [0.05, 0.1) is 6.61 Å². The van der Waals surface area contributed by atoms with E-state index in [1.54, 1.807) is 13.8 Å². The van der Waals surface area contributed by atoms with Crippen molar-refractivity contribution in [2.24, 2.45) is 0 Å². The lowest BCUT2D eigenvalue weighted by Gasteiger charge is -2.27. The minimum atomic E-state index is -1.19. The highest BCUT2D eigenvalue weighted by Crippen LogP contribution is 2.39. The molecular weight excluding hydrogens is 256 g/mol. The van der Waals surface area contributed by atoms with Crippen LogP contribution in [0.2, 0.25) is 0 Å². The smallest absolute Gasteiger partial charge is 0.330 e. The summed E-state index contributed by atoms with van der Waals surface area (Å²) in [5.41, 5.74) is 0. The van der Waals surface area contributed by atoms with Crippen molar-refractivity contribution in [3.8, 4) is 0 Å². The van der Waals surface area contributed by atoms with E-state index in [0.717, 1.165) is 6.08 Å². The van der Waals surface area contributed by atoms with E-state index < -0.39 is 49.1 Å². The summed E-state index contributed by atoms with van der Waals surface area (Å²) in [5, 5.41) is 18.7. The number of aliphatic hydroxyl groups is 2. The molecule has 0 amide bonds. The third-order valence-corrected chi connectivity index (χ3v) is 3.01. The normalized spacial score (nSPS) is 37.7. The monoisotopic (exact) mass is 274 g/mol. The number of rotatable bonds is 4. The molecular formula is C12H18O7. The SMILES string of the molecule is C=CC(=O)O[C@@H]1[C@H]2OC(C)(C)O[C@H]2O[C@@H]1[C@H](O)CO. The molecule has 0 unspecified atom stereocenters. The molecule has 108 valence electrons. The second-order valence-corrected chi connectivity index (χ2v) is 4.92. The van der Waals surface area contributed by atoms with Crippen LogP contribution in [0.1, 0.15) is 13.8 Å². The molecule has 0 bridgehead atoms. The fourth-order valence-corrected chi connectivity index (χ4v) is 2.23. The largest absolute Gasteiger partial charge is 0.453 e. The summed E-state index contributed by atoms with van der Waals surface area (Å²) < 4.78 is 21.7. The maximum atomic E-state index is 11.3. The van der Waals surface area contributed by atoms with Gasteiger partial charge in [-0.15, -0.1) is 0 Å². The van der Waals surface area contributed by atoms with E-state index in [1.807, 2.05) is 0 Å². The molecule has 7 heteroatoms. The summed E-state index contributed by atoms with van der Waals surface area (Å²) in [7, 11) is 0. The second-order valence-electron chi connectivity index (χ2n) is 4.92. The summed E-state index contributed by atoms with van der Waals surface area (Å²) in [6.45, 7) is 6.20. The Morgan fingerprint density at radius 2 is 2.21 bits per heavy atom. The van der Waals surface area contributed by atoms with Crippen LogP contribution >= 0.6 is 0 Å². The highest BCUT2D eigenvalue weighted by atomic mass is 16.8. The van der Waals surface area contributed by atoms with Gasteiger partial charge in [0.1, 0.15) is 12.2 Å². The van der Waals surface area contributed by atoms with E-state index in [-0.39, 0.29) is 0 Å². The van der Waals surface area contributed by atoms with Gasteiger partial charge < -0.3 is 29.2 Å². The van der Waals surface area contributed by atoms with Crippen LogP contribution in [0.25, 0.3) is 0 Å². The fourth-order valence-electron chi connectivity index (χ4n) is 2.23. The summed E-state index contributed by atoms with van der Waals surface area (Å²) in [6.07, 6.45) is -3.34. The molecule has 0 spiro atoms. The summed E-state index contributed by atoms with van der Waals surface area (Å²) in [5.74, 6) is -1.51. The van der Waals surface area contributed by atoms with Gasteiger partial charge in [-0.1, -0.05) is 6.58 Å². The molecule has 0 saturated carbocycles. The van der Waals surface area contributed by atoms with Gasteiger partial charge in [-0.05, 0) is 13.8 Å². The van der Waals surface area contributed by atoms with Gasteiger partial charge in [0.15, 0.2) is 24.3 Å². The van der Waals surface area contributed by atoms with Gasteiger partial charge in [-0.2, -0.15) is 0 Å². The van der Waals surface area contributed by atoms with Crippen LogP contribution in [0.5, 0.6) is 0 Å². The van der Waals surface area contributed by atoms with Crippen molar-refractivity contribution < 1.29 is 34.0 Å². The van der Waals surface area contributed by atoms with Gasteiger partial charge in [-0.3, -0.25) is 0 Å². The number of hydrogen-bond donors (Lipinski definition) is 2. The topological polar surface area (TPSA) is 94.5 Å². The van der Waals surface area contributed by atoms with E-state index in [9.17, 15) is 9.90 Å². The Morgan fingerprint density at radius 3 is 2.79 bits per heavy atom. The predicted molar refractivity (Wildman–Crippen MR) is 61.9 cm³/mol. The first-order chi connectivity index (χ1) is 8.88. The molecule has 5 atom stereocenters. The number of ether oxygens (including phenoxy) is 4. The van der Waals surface area contributed by atoms with Gasteiger partial charge in [0.2, 0.25) is 0 Å². The average Bonchev–Trinajstić information content (AvgIpc) is 2.81. The van der Waals surface area contributed by atoms with Crippen molar-refractivity contribution in [3.63, 3.8) is 0 Å². The molecule has 19 heavy (non-hydrogen) atoms. The van der Waals surface area contributed by atoms with Crippen molar-refractivity contribution in [1.29, 1.82) is 0 Å². The lowest BCUT2D eigenvalue weighted by molar-refractivity contribution is -0.230. The number of fused-ring (bicyclic) bond motifs is 1. The predicted octanol–water partition coefficient (Wildman–Crippen LogP) is -0.686. The number of esters is 1.